The molecule has 1 amide bonds. The maximum Gasteiger partial charge on any atom is 0.331 e. The number of nitrogens with zero attached hydrogens (tertiary/aromatic N) is 3. The SMILES string of the molecule is CC(=O)N(c1nc(COC(=O)/C=C/c2ccc3ccccc3n2)cs1)c1cccc(C)c1C. The van der Waals surface area contributed by atoms with Crippen LogP contribution in [0.5, 0.6) is 0 Å². The number of hydrogen-bond acceptors (Lipinski definition) is 6. The number of benzene rings is 2. The normalized spacial score (nSPS) is 11.1. The van der Waals surface area contributed by atoms with Gasteiger partial charge in [0.2, 0.25) is 5.91 Å². The molecule has 0 N–H and O–H groups in total. The van der Waals surface area contributed by atoms with Gasteiger partial charge in [-0.25, -0.2) is 14.8 Å². The van der Waals surface area contributed by atoms with E-state index in [1.165, 1.54) is 24.3 Å². The average Bonchev–Trinajstić information content (AvgIpc) is 3.27. The molecule has 0 aliphatic carbocycles. The number of thiazole rings is 1. The van der Waals surface area contributed by atoms with Crippen molar-refractivity contribution in [2.75, 3.05) is 4.90 Å². The number of rotatable bonds is 6. The Morgan fingerprint density at radius 3 is 2.67 bits per heavy atom. The summed E-state index contributed by atoms with van der Waals surface area (Å²) in [5, 5.41) is 3.37. The van der Waals surface area contributed by atoms with Gasteiger partial charge in [0.15, 0.2) is 5.13 Å². The quantitative estimate of drug-likeness (QED) is 0.272. The van der Waals surface area contributed by atoms with Gasteiger partial charge >= 0.3 is 5.97 Å². The molecule has 0 spiro atoms. The molecule has 0 saturated carbocycles. The van der Waals surface area contributed by atoms with Crippen molar-refractivity contribution in [1.29, 1.82) is 0 Å². The fourth-order valence-electron chi connectivity index (χ4n) is 3.37. The fourth-order valence-corrected chi connectivity index (χ4v) is 4.24. The highest BCUT2D eigenvalue weighted by Gasteiger charge is 2.20. The second kappa shape index (κ2) is 9.75. The summed E-state index contributed by atoms with van der Waals surface area (Å²) in [6.45, 7) is 5.51. The molecule has 0 fully saturated rings. The van der Waals surface area contributed by atoms with Gasteiger partial charge in [-0.1, -0.05) is 36.4 Å². The number of fused-ring (bicyclic) bond motifs is 1. The van der Waals surface area contributed by atoms with Crippen molar-refractivity contribution >= 4 is 51.0 Å². The Labute approximate surface area is 196 Å². The summed E-state index contributed by atoms with van der Waals surface area (Å²) in [7, 11) is 0. The molecule has 166 valence electrons. The number of aromatic nitrogens is 2. The third kappa shape index (κ3) is 5.15. The number of anilines is 2. The molecule has 0 aliphatic heterocycles. The van der Waals surface area contributed by atoms with Crippen LogP contribution in [0.3, 0.4) is 0 Å². The van der Waals surface area contributed by atoms with Crippen molar-refractivity contribution in [2.24, 2.45) is 0 Å². The zero-order valence-corrected chi connectivity index (χ0v) is 19.4. The van der Waals surface area contributed by atoms with Crippen LogP contribution >= 0.6 is 11.3 Å². The first-order valence-electron chi connectivity index (χ1n) is 10.4. The summed E-state index contributed by atoms with van der Waals surface area (Å²) >= 11 is 1.33. The maximum atomic E-state index is 12.4. The fraction of sp³-hybridized carbons (Fsp3) is 0.154. The number of hydrogen-bond donors (Lipinski definition) is 0. The first kappa shape index (κ1) is 22.4. The third-order valence-electron chi connectivity index (χ3n) is 5.24. The number of amides is 1. The minimum absolute atomic E-state index is 0.0172. The first-order valence-corrected chi connectivity index (χ1v) is 11.3. The van der Waals surface area contributed by atoms with Gasteiger partial charge in [-0.3, -0.25) is 9.69 Å². The van der Waals surface area contributed by atoms with E-state index < -0.39 is 5.97 Å². The van der Waals surface area contributed by atoms with Crippen LogP contribution in [0.15, 0.2) is 66.1 Å². The zero-order chi connectivity index (χ0) is 23.4. The highest BCUT2D eigenvalue weighted by Crippen LogP contribution is 2.32. The minimum Gasteiger partial charge on any atom is -0.456 e. The summed E-state index contributed by atoms with van der Waals surface area (Å²) in [6, 6.07) is 17.4. The Balaban J connectivity index is 1.42. The molecule has 0 atom stereocenters. The predicted octanol–water partition coefficient (Wildman–Crippen LogP) is 5.75. The summed E-state index contributed by atoms with van der Waals surface area (Å²) in [4.78, 5) is 35.2. The van der Waals surface area contributed by atoms with Gasteiger partial charge in [0.25, 0.3) is 0 Å². The topological polar surface area (TPSA) is 72.4 Å². The van der Waals surface area contributed by atoms with Crippen molar-refractivity contribution < 1.29 is 14.3 Å². The summed E-state index contributed by atoms with van der Waals surface area (Å²) in [5.41, 5.74) is 5.03. The number of pyridine rings is 1. The van der Waals surface area contributed by atoms with Crippen LogP contribution in [0.4, 0.5) is 10.8 Å². The van der Waals surface area contributed by atoms with Crippen LogP contribution in [0.25, 0.3) is 17.0 Å². The Morgan fingerprint density at radius 2 is 1.85 bits per heavy atom. The molecule has 0 aliphatic rings. The van der Waals surface area contributed by atoms with Crippen LogP contribution in [-0.4, -0.2) is 21.8 Å². The number of carbonyl (C=O) groups is 2. The lowest BCUT2D eigenvalue weighted by Gasteiger charge is -2.21. The first-order chi connectivity index (χ1) is 15.9. The van der Waals surface area contributed by atoms with Crippen molar-refractivity contribution in [2.45, 2.75) is 27.4 Å². The summed E-state index contributed by atoms with van der Waals surface area (Å²) < 4.78 is 5.33. The molecular weight excluding hydrogens is 434 g/mol. The molecule has 33 heavy (non-hydrogen) atoms. The lowest BCUT2D eigenvalue weighted by Crippen LogP contribution is -2.23. The van der Waals surface area contributed by atoms with Gasteiger partial charge in [0.05, 0.1) is 22.6 Å². The summed E-state index contributed by atoms with van der Waals surface area (Å²) in [5.74, 6) is -0.620. The van der Waals surface area contributed by atoms with E-state index in [1.54, 1.807) is 16.4 Å². The largest absolute Gasteiger partial charge is 0.456 e. The number of aryl methyl sites for hydroxylation is 1. The molecule has 0 unspecified atom stereocenters. The van der Waals surface area contributed by atoms with E-state index in [1.807, 2.05) is 68.4 Å². The molecular formula is C26H23N3O3S. The Kier molecular flexibility index (Phi) is 6.60. The average molecular weight is 458 g/mol. The van der Waals surface area contributed by atoms with Crippen molar-refractivity contribution in [1.82, 2.24) is 9.97 Å². The van der Waals surface area contributed by atoms with Gasteiger partial charge < -0.3 is 4.74 Å². The van der Waals surface area contributed by atoms with Crippen LogP contribution in [0, 0.1) is 13.8 Å². The van der Waals surface area contributed by atoms with E-state index in [0.717, 1.165) is 27.7 Å². The third-order valence-corrected chi connectivity index (χ3v) is 6.11. The Bertz CT molecular complexity index is 1360. The van der Waals surface area contributed by atoms with Crippen molar-refractivity contribution in [3.05, 3.63) is 88.6 Å². The highest BCUT2D eigenvalue weighted by atomic mass is 32.1. The van der Waals surface area contributed by atoms with E-state index in [9.17, 15) is 9.59 Å². The van der Waals surface area contributed by atoms with E-state index >= 15 is 0 Å². The maximum absolute atomic E-state index is 12.4. The van der Waals surface area contributed by atoms with Gasteiger partial charge in [0.1, 0.15) is 6.61 Å². The van der Waals surface area contributed by atoms with E-state index in [-0.39, 0.29) is 12.5 Å². The molecule has 2 aromatic carbocycles. The van der Waals surface area contributed by atoms with Crippen LogP contribution in [0.2, 0.25) is 0 Å². The lowest BCUT2D eigenvalue weighted by molar-refractivity contribution is -0.139. The smallest absolute Gasteiger partial charge is 0.331 e. The Hall–Kier alpha value is -3.84. The van der Waals surface area contributed by atoms with Crippen molar-refractivity contribution in [3.63, 3.8) is 0 Å². The minimum atomic E-state index is -0.488. The molecule has 4 rings (SSSR count). The van der Waals surface area contributed by atoms with Gasteiger partial charge in [0, 0.05) is 23.8 Å². The molecule has 0 bridgehead atoms. The van der Waals surface area contributed by atoms with Gasteiger partial charge in [-0.2, -0.15) is 0 Å². The molecule has 2 heterocycles. The van der Waals surface area contributed by atoms with Crippen LogP contribution < -0.4 is 4.90 Å². The van der Waals surface area contributed by atoms with E-state index in [2.05, 4.69) is 9.97 Å². The predicted molar refractivity (Wildman–Crippen MR) is 131 cm³/mol. The highest BCUT2D eigenvalue weighted by molar-refractivity contribution is 7.14. The number of para-hydroxylation sites is 1. The van der Waals surface area contributed by atoms with E-state index in [4.69, 9.17) is 4.74 Å². The molecule has 0 radical (unpaired) electrons. The lowest BCUT2D eigenvalue weighted by atomic mass is 10.1. The number of esters is 1. The molecule has 7 heteroatoms. The van der Waals surface area contributed by atoms with E-state index in [0.29, 0.717) is 16.5 Å². The second-order valence-electron chi connectivity index (χ2n) is 7.56. The summed E-state index contributed by atoms with van der Waals surface area (Å²) in [6.07, 6.45) is 2.97. The number of ether oxygens (including phenoxy) is 1. The Morgan fingerprint density at radius 1 is 1.03 bits per heavy atom. The molecule has 6 nitrogen and oxygen atoms in total. The molecule has 2 aromatic heterocycles. The zero-order valence-electron chi connectivity index (χ0n) is 18.6. The monoisotopic (exact) mass is 457 g/mol. The number of carbonyl (C=O) groups excluding carboxylic acids is 2. The standard InChI is InChI=1S/C26H23N3O3S/c1-17-7-6-10-24(18(17)2)29(19(3)30)26-28-22(16-33-26)15-32-25(31)14-13-21-12-11-20-8-4-5-9-23(20)27-21/h4-14,16H,15H2,1-3H3/b14-13+. The van der Waals surface area contributed by atoms with Gasteiger partial charge in [-0.15, -0.1) is 11.3 Å². The second-order valence-corrected chi connectivity index (χ2v) is 8.40. The van der Waals surface area contributed by atoms with Crippen molar-refractivity contribution in [3.8, 4) is 0 Å². The van der Waals surface area contributed by atoms with Gasteiger partial charge in [-0.05, 0) is 49.2 Å². The van der Waals surface area contributed by atoms with Crippen LogP contribution in [-0.2, 0) is 20.9 Å². The molecule has 4 aromatic rings. The molecule has 0 saturated heterocycles. The van der Waals surface area contributed by atoms with Crippen LogP contribution in [0.1, 0.15) is 29.4 Å².